The molecule has 3 atom stereocenters. The fraction of sp³-hybridized carbons (Fsp3) is 0.600. The summed E-state index contributed by atoms with van der Waals surface area (Å²) in [5.41, 5.74) is 3.13. The Morgan fingerprint density at radius 3 is 2.76 bits per heavy atom. The monoisotopic (exact) mass is 247 g/mol. The number of fused-ring (bicyclic) bond motifs is 1. The summed E-state index contributed by atoms with van der Waals surface area (Å²) in [4.78, 5) is 0. The van der Waals surface area contributed by atoms with Crippen molar-refractivity contribution in [3.8, 4) is 0 Å². The maximum absolute atomic E-state index is 3.87. The van der Waals surface area contributed by atoms with Crippen molar-refractivity contribution in [3.63, 3.8) is 0 Å². The Morgan fingerprint density at radius 2 is 2.00 bits per heavy atom. The molecule has 1 fully saturated rings. The van der Waals surface area contributed by atoms with Crippen LogP contribution < -0.4 is 5.32 Å². The van der Waals surface area contributed by atoms with Gasteiger partial charge in [0.05, 0.1) is 0 Å². The van der Waals surface area contributed by atoms with Crippen LogP contribution in [0, 0.1) is 0 Å². The van der Waals surface area contributed by atoms with Gasteiger partial charge in [-0.25, -0.2) is 0 Å². The molecule has 0 aromatic heterocycles. The number of rotatable bonds is 2. The lowest BCUT2D eigenvalue weighted by Gasteiger charge is -2.28. The minimum atomic E-state index is 0.709. The summed E-state index contributed by atoms with van der Waals surface area (Å²) < 4.78 is 0. The highest BCUT2D eigenvalue weighted by Gasteiger charge is 2.26. The van der Waals surface area contributed by atoms with Crippen molar-refractivity contribution in [2.45, 2.75) is 49.9 Å². The number of nitrogens with one attached hydrogen (secondary N) is 1. The third-order valence-electron chi connectivity index (χ3n) is 4.02. The molecule has 0 saturated carbocycles. The SMILES string of the molecule is CC1CC(NC2CCc3ccccc3C2)CS1. The zero-order chi connectivity index (χ0) is 11.7. The van der Waals surface area contributed by atoms with Gasteiger partial charge in [-0.2, -0.15) is 11.8 Å². The number of benzene rings is 1. The van der Waals surface area contributed by atoms with E-state index in [0.717, 1.165) is 11.3 Å². The van der Waals surface area contributed by atoms with E-state index in [1.165, 1.54) is 31.4 Å². The normalized spacial score (nSPS) is 32.4. The molecule has 2 heteroatoms. The lowest BCUT2D eigenvalue weighted by Crippen LogP contribution is -2.41. The minimum absolute atomic E-state index is 0.709. The van der Waals surface area contributed by atoms with Gasteiger partial charge in [-0.05, 0) is 36.8 Å². The Bertz CT molecular complexity index is 390. The molecule has 3 unspecified atom stereocenters. The third kappa shape index (κ3) is 2.69. The molecule has 1 heterocycles. The Hall–Kier alpha value is -0.470. The van der Waals surface area contributed by atoms with Gasteiger partial charge in [-0.1, -0.05) is 31.2 Å². The van der Waals surface area contributed by atoms with Crippen molar-refractivity contribution in [1.82, 2.24) is 5.32 Å². The van der Waals surface area contributed by atoms with Gasteiger partial charge in [-0.15, -0.1) is 0 Å². The summed E-state index contributed by atoms with van der Waals surface area (Å²) in [6, 6.07) is 10.4. The second kappa shape index (κ2) is 5.03. The lowest BCUT2D eigenvalue weighted by atomic mass is 9.88. The maximum atomic E-state index is 3.87. The van der Waals surface area contributed by atoms with E-state index in [1.807, 2.05) is 0 Å². The molecular formula is C15H21NS. The summed E-state index contributed by atoms with van der Waals surface area (Å²) in [5, 5.41) is 4.72. The van der Waals surface area contributed by atoms with Crippen LogP contribution in [0.5, 0.6) is 0 Å². The predicted octanol–water partition coefficient (Wildman–Crippen LogP) is 3.03. The van der Waals surface area contributed by atoms with Crippen molar-refractivity contribution < 1.29 is 0 Å². The van der Waals surface area contributed by atoms with Crippen LogP contribution in [0.25, 0.3) is 0 Å². The summed E-state index contributed by atoms with van der Waals surface area (Å²) >= 11 is 2.12. The van der Waals surface area contributed by atoms with E-state index in [4.69, 9.17) is 0 Å². The number of thioether (sulfide) groups is 1. The van der Waals surface area contributed by atoms with E-state index in [1.54, 1.807) is 11.1 Å². The van der Waals surface area contributed by atoms with Crippen molar-refractivity contribution >= 4 is 11.8 Å². The third-order valence-corrected chi connectivity index (χ3v) is 5.37. The van der Waals surface area contributed by atoms with Gasteiger partial charge in [0.1, 0.15) is 0 Å². The predicted molar refractivity (Wildman–Crippen MR) is 75.7 cm³/mol. The molecule has 0 radical (unpaired) electrons. The molecule has 0 amide bonds. The quantitative estimate of drug-likeness (QED) is 0.862. The fourth-order valence-corrected chi connectivity index (χ4v) is 4.27. The first-order valence-electron chi connectivity index (χ1n) is 6.75. The number of hydrogen-bond acceptors (Lipinski definition) is 2. The Morgan fingerprint density at radius 1 is 1.18 bits per heavy atom. The zero-order valence-electron chi connectivity index (χ0n) is 10.5. The minimum Gasteiger partial charge on any atom is -0.310 e. The van der Waals surface area contributed by atoms with E-state index < -0.39 is 0 Å². The van der Waals surface area contributed by atoms with Gasteiger partial charge >= 0.3 is 0 Å². The number of aryl methyl sites for hydroxylation is 1. The van der Waals surface area contributed by atoms with Gasteiger partial charge in [-0.3, -0.25) is 0 Å². The highest BCUT2D eigenvalue weighted by Crippen LogP contribution is 2.28. The summed E-state index contributed by atoms with van der Waals surface area (Å²) in [7, 11) is 0. The Balaban J connectivity index is 1.61. The topological polar surface area (TPSA) is 12.0 Å². The van der Waals surface area contributed by atoms with Crippen molar-refractivity contribution in [1.29, 1.82) is 0 Å². The molecule has 1 saturated heterocycles. The van der Waals surface area contributed by atoms with Crippen molar-refractivity contribution in [2.75, 3.05) is 5.75 Å². The van der Waals surface area contributed by atoms with E-state index in [2.05, 4.69) is 48.3 Å². The molecule has 1 aromatic carbocycles. The van der Waals surface area contributed by atoms with E-state index in [-0.39, 0.29) is 0 Å². The zero-order valence-corrected chi connectivity index (χ0v) is 11.3. The van der Waals surface area contributed by atoms with Crippen LogP contribution >= 0.6 is 11.8 Å². The molecule has 0 bridgehead atoms. The van der Waals surface area contributed by atoms with Gasteiger partial charge < -0.3 is 5.32 Å². The largest absolute Gasteiger partial charge is 0.310 e. The Kier molecular flexibility index (Phi) is 3.44. The van der Waals surface area contributed by atoms with Crippen LogP contribution in [0.15, 0.2) is 24.3 Å². The summed E-state index contributed by atoms with van der Waals surface area (Å²) in [5.74, 6) is 1.30. The van der Waals surface area contributed by atoms with Crippen molar-refractivity contribution in [2.24, 2.45) is 0 Å². The van der Waals surface area contributed by atoms with Crippen LogP contribution in [0.1, 0.15) is 30.9 Å². The first kappa shape index (κ1) is 11.6. The second-order valence-corrected chi connectivity index (χ2v) is 6.92. The van der Waals surface area contributed by atoms with Gasteiger partial charge in [0, 0.05) is 23.1 Å². The number of hydrogen-bond donors (Lipinski definition) is 1. The molecular weight excluding hydrogens is 226 g/mol. The van der Waals surface area contributed by atoms with Crippen LogP contribution in [0.3, 0.4) is 0 Å². The molecule has 1 nitrogen and oxygen atoms in total. The molecule has 1 N–H and O–H groups in total. The van der Waals surface area contributed by atoms with Crippen LogP contribution in [-0.2, 0) is 12.8 Å². The highest BCUT2D eigenvalue weighted by atomic mass is 32.2. The maximum Gasteiger partial charge on any atom is 0.0171 e. The van der Waals surface area contributed by atoms with E-state index >= 15 is 0 Å². The molecule has 1 aromatic rings. The average Bonchev–Trinajstić information content (AvgIpc) is 2.75. The lowest BCUT2D eigenvalue weighted by molar-refractivity contribution is 0.405. The molecule has 2 aliphatic rings. The van der Waals surface area contributed by atoms with Crippen LogP contribution in [0.4, 0.5) is 0 Å². The van der Waals surface area contributed by atoms with E-state index in [0.29, 0.717) is 6.04 Å². The molecule has 0 spiro atoms. The van der Waals surface area contributed by atoms with Gasteiger partial charge in [0.15, 0.2) is 0 Å². The van der Waals surface area contributed by atoms with E-state index in [9.17, 15) is 0 Å². The summed E-state index contributed by atoms with van der Waals surface area (Å²) in [6.07, 6.45) is 5.14. The standard InChI is InChI=1S/C15H21NS/c1-11-8-15(10-17-11)16-14-7-6-12-4-2-3-5-13(12)9-14/h2-5,11,14-16H,6-10H2,1H3. The van der Waals surface area contributed by atoms with Gasteiger partial charge in [0.25, 0.3) is 0 Å². The Labute approximate surface area is 108 Å². The molecule has 1 aliphatic heterocycles. The molecule has 92 valence electrons. The first-order chi connectivity index (χ1) is 8.31. The second-order valence-electron chi connectivity index (χ2n) is 5.45. The van der Waals surface area contributed by atoms with Crippen molar-refractivity contribution in [3.05, 3.63) is 35.4 Å². The molecule has 3 rings (SSSR count). The van der Waals surface area contributed by atoms with Crippen LogP contribution in [-0.4, -0.2) is 23.1 Å². The first-order valence-corrected chi connectivity index (χ1v) is 7.80. The van der Waals surface area contributed by atoms with Gasteiger partial charge in [0.2, 0.25) is 0 Å². The van der Waals surface area contributed by atoms with Crippen LogP contribution in [0.2, 0.25) is 0 Å². The molecule has 17 heavy (non-hydrogen) atoms. The highest BCUT2D eigenvalue weighted by molar-refractivity contribution is 8.00. The smallest absolute Gasteiger partial charge is 0.0171 e. The summed E-state index contributed by atoms with van der Waals surface area (Å²) in [6.45, 7) is 2.35. The average molecular weight is 247 g/mol. The fourth-order valence-electron chi connectivity index (χ4n) is 3.11. The molecule has 1 aliphatic carbocycles.